The van der Waals surface area contributed by atoms with Crippen molar-refractivity contribution in [3.63, 3.8) is 0 Å². The number of aryl methyl sites for hydroxylation is 1. The molecule has 0 fully saturated rings. The molecule has 1 aliphatic carbocycles. The predicted octanol–water partition coefficient (Wildman–Crippen LogP) is 31.2. The fraction of sp³-hybridized carbons (Fsp3) is 0.0442. The average molecular weight is 1500 g/mol. The van der Waals surface area contributed by atoms with E-state index in [0.29, 0.717) is 0 Å². The molecule has 0 atom stereocenters. The molecular formula is C113H82N4. The summed E-state index contributed by atoms with van der Waals surface area (Å²) in [7, 11) is 0. The van der Waals surface area contributed by atoms with Crippen LogP contribution in [0.2, 0.25) is 0 Å². The van der Waals surface area contributed by atoms with Crippen LogP contribution in [0.4, 0.5) is 34.1 Å². The van der Waals surface area contributed by atoms with Gasteiger partial charge in [0.15, 0.2) is 0 Å². The standard InChI is InChI=1S/C113H82N4/c1-4-114-105-47-16-14-42-101(105)110-98(44-23-49-107(110)114)90-34-19-30-85(71-90)87-32-21-40-96(73-87)116(93-38-12-7-13-39-93)95-67-62-81(63-68-95)79-56-58-82(59-57-79)83-28-18-29-84(70-83)89-64-69-104-103(75-89)100-46-25-51-109(112(100)113(104,2)3)117-106-48-17-15-43-102(106)111-99(45-24-50-108(111)117)91-35-20-31-86(72-91)88-33-22-41-97(74-88)115(92-36-10-6-11-37-92)94-65-60-80(61-66-94)78-54-52-77(53-55-78)76-26-8-5-9-27-76/h5-75H,4H2,1-3H3. The average Bonchev–Trinajstić information content (AvgIpc) is 1.55. The van der Waals surface area contributed by atoms with Gasteiger partial charge in [-0.15, -0.1) is 0 Å². The first-order chi connectivity index (χ1) is 57.7. The van der Waals surface area contributed by atoms with E-state index < -0.39 is 0 Å². The molecule has 0 N–H and O–H groups in total. The SMILES string of the molecule is CCn1c2ccccc2c2c(-c3cccc(-c4cccc(N(c5ccccc5)c5ccc(-c6ccc(-c7cccc(-c8ccc9c(c8)-c8cccc(-n%10c%11ccccc%11c%11c(-c%12cccc(-c%13cccc(N(c%14ccccc%14)c%14ccc(-c%15ccc(-c%16ccccc%16)cc%15)cc%14)c%13)c%12)cccc%11%10)c8C9(C)C)c7)cc6)cc5)c4)c3)cccc21. The Kier molecular flexibility index (Phi) is 17.5. The molecular weight excluding hydrogens is 1410 g/mol. The van der Waals surface area contributed by atoms with Gasteiger partial charge in [-0.1, -0.05) is 317 Å². The molecule has 554 valence electrons. The van der Waals surface area contributed by atoms with Gasteiger partial charge in [0, 0.05) is 78.7 Å². The van der Waals surface area contributed by atoms with E-state index in [1.54, 1.807) is 0 Å². The summed E-state index contributed by atoms with van der Waals surface area (Å²) in [5, 5.41) is 5.07. The van der Waals surface area contributed by atoms with E-state index in [0.717, 1.165) is 62.9 Å². The van der Waals surface area contributed by atoms with E-state index in [-0.39, 0.29) is 5.41 Å². The number of hydrogen-bond donors (Lipinski definition) is 0. The Morgan fingerprint density at radius 1 is 0.222 bits per heavy atom. The van der Waals surface area contributed by atoms with E-state index in [1.165, 1.54) is 149 Å². The molecule has 0 saturated carbocycles. The van der Waals surface area contributed by atoms with Crippen LogP contribution in [0.3, 0.4) is 0 Å². The summed E-state index contributed by atoms with van der Waals surface area (Å²) in [6.07, 6.45) is 0. The first-order valence-electron chi connectivity index (χ1n) is 40.7. The molecule has 21 rings (SSSR count). The topological polar surface area (TPSA) is 16.3 Å². The van der Waals surface area contributed by atoms with Crippen molar-refractivity contribution in [2.45, 2.75) is 32.7 Å². The maximum absolute atomic E-state index is 2.54. The summed E-state index contributed by atoms with van der Waals surface area (Å²) in [5.74, 6) is 0. The van der Waals surface area contributed by atoms with Crippen molar-refractivity contribution in [3.05, 3.63) is 442 Å². The molecule has 4 nitrogen and oxygen atoms in total. The number of nitrogens with zero attached hydrogens (tertiary/aromatic N) is 4. The van der Waals surface area contributed by atoms with Crippen molar-refractivity contribution >= 4 is 77.7 Å². The molecule has 0 aliphatic heterocycles. The van der Waals surface area contributed by atoms with Gasteiger partial charge in [-0.2, -0.15) is 0 Å². The van der Waals surface area contributed by atoms with Crippen LogP contribution in [-0.4, -0.2) is 9.13 Å². The Labute approximate surface area is 683 Å². The lowest BCUT2D eigenvalue weighted by molar-refractivity contribution is 0.656. The van der Waals surface area contributed by atoms with Crippen molar-refractivity contribution in [1.29, 1.82) is 0 Å². The molecule has 2 heterocycles. The van der Waals surface area contributed by atoms with E-state index in [2.05, 4.69) is 470 Å². The number of rotatable bonds is 17. The number of aromatic nitrogens is 2. The minimum atomic E-state index is -0.297. The predicted molar refractivity (Wildman–Crippen MR) is 495 cm³/mol. The fourth-order valence-electron chi connectivity index (χ4n) is 18.7. The molecule has 0 bridgehead atoms. The van der Waals surface area contributed by atoms with Gasteiger partial charge >= 0.3 is 0 Å². The highest BCUT2D eigenvalue weighted by molar-refractivity contribution is 6.17. The minimum Gasteiger partial charge on any atom is -0.341 e. The van der Waals surface area contributed by atoms with Crippen molar-refractivity contribution in [2.75, 3.05) is 9.80 Å². The highest BCUT2D eigenvalue weighted by Crippen LogP contribution is 2.54. The van der Waals surface area contributed by atoms with Crippen molar-refractivity contribution in [3.8, 4) is 117 Å². The van der Waals surface area contributed by atoms with Crippen molar-refractivity contribution in [2.24, 2.45) is 0 Å². The van der Waals surface area contributed by atoms with Gasteiger partial charge in [-0.05, 0) is 257 Å². The van der Waals surface area contributed by atoms with Crippen LogP contribution < -0.4 is 9.80 Å². The Bertz CT molecular complexity index is 7150. The molecule has 1 aliphatic rings. The summed E-state index contributed by atoms with van der Waals surface area (Å²) < 4.78 is 4.98. The quantitative estimate of drug-likeness (QED) is 0.0903. The van der Waals surface area contributed by atoms with Crippen LogP contribution in [0.5, 0.6) is 0 Å². The summed E-state index contributed by atoms with van der Waals surface area (Å²) in [6.45, 7) is 7.97. The molecule has 0 saturated heterocycles. The summed E-state index contributed by atoms with van der Waals surface area (Å²) in [4.78, 5) is 4.73. The van der Waals surface area contributed by atoms with Gasteiger partial charge in [0.2, 0.25) is 0 Å². The lowest BCUT2D eigenvalue weighted by Gasteiger charge is -2.26. The van der Waals surface area contributed by atoms with Crippen LogP contribution in [-0.2, 0) is 12.0 Å². The van der Waals surface area contributed by atoms with Gasteiger partial charge in [-0.25, -0.2) is 0 Å². The summed E-state index contributed by atoms with van der Waals surface area (Å²) in [5.41, 5.74) is 39.0. The zero-order valence-corrected chi connectivity index (χ0v) is 65.5. The van der Waals surface area contributed by atoms with E-state index in [4.69, 9.17) is 0 Å². The lowest BCUT2D eigenvalue weighted by Crippen LogP contribution is -2.18. The maximum atomic E-state index is 2.54. The molecule has 18 aromatic carbocycles. The van der Waals surface area contributed by atoms with Crippen LogP contribution in [0.1, 0.15) is 31.9 Å². The van der Waals surface area contributed by atoms with E-state index in [1.807, 2.05) is 0 Å². The van der Waals surface area contributed by atoms with Crippen molar-refractivity contribution in [1.82, 2.24) is 9.13 Å². The zero-order chi connectivity index (χ0) is 78.1. The van der Waals surface area contributed by atoms with Crippen molar-refractivity contribution < 1.29 is 0 Å². The second-order valence-corrected chi connectivity index (χ2v) is 31.4. The normalized spacial score (nSPS) is 12.2. The van der Waals surface area contributed by atoms with Crippen LogP contribution in [0.25, 0.3) is 161 Å². The van der Waals surface area contributed by atoms with Gasteiger partial charge in [0.1, 0.15) is 0 Å². The lowest BCUT2D eigenvalue weighted by atomic mass is 9.81. The minimum absolute atomic E-state index is 0.297. The van der Waals surface area contributed by atoms with Gasteiger partial charge in [0.25, 0.3) is 0 Å². The van der Waals surface area contributed by atoms with Crippen LogP contribution in [0, 0.1) is 0 Å². The smallest absolute Gasteiger partial charge is 0.0547 e. The molecule has 20 aromatic rings. The van der Waals surface area contributed by atoms with Gasteiger partial charge < -0.3 is 18.9 Å². The van der Waals surface area contributed by atoms with Crippen LogP contribution in [0.15, 0.2) is 431 Å². The van der Waals surface area contributed by atoms with Gasteiger partial charge in [0.05, 0.1) is 16.7 Å². The second kappa shape index (κ2) is 29.3. The molecule has 0 unspecified atom stereocenters. The third-order valence-corrected chi connectivity index (χ3v) is 24.3. The molecule has 0 spiro atoms. The first kappa shape index (κ1) is 70.1. The fourth-order valence-corrected chi connectivity index (χ4v) is 18.7. The monoisotopic (exact) mass is 1490 g/mol. The third-order valence-electron chi connectivity index (χ3n) is 24.3. The Hall–Kier alpha value is -14.8. The van der Waals surface area contributed by atoms with E-state index >= 15 is 0 Å². The number of fused-ring (bicyclic) bond motifs is 9. The maximum Gasteiger partial charge on any atom is 0.0547 e. The number of benzene rings is 18. The van der Waals surface area contributed by atoms with Gasteiger partial charge in [-0.3, -0.25) is 0 Å². The molecule has 4 heteroatoms. The zero-order valence-electron chi connectivity index (χ0n) is 65.5. The Morgan fingerprint density at radius 2 is 0.538 bits per heavy atom. The first-order valence-corrected chi connectivity index (χ1v) is 40.7. The molecule has 0 amide bonds. The Balaban J connectivity index is 0.548. The van der Waals surface area contributed by atoms with Crippen LogP contribution >= 0.6 is 0 Å². The number of para-hydroxylation sites is 4. The molecule has 117 heavy (non-hydrogen) atoms. The third kappa shape index (κ3) is 12.5. The highest BCUT2D eigenvalue weighted by Gasteiger charge is 2.39. The highest BCUT2D eigenvalue weighted by atomic mass is 15.1. The molecule has 0 radical (unpaired) electrons. The molecule has 2 aromatic heterocycles. The second-order valence-electron chi connectivity index (χ2n) is 31.4. The number of hydrogen-bond acceptors (Lipinski definition) is 2. The largest absolute Gasteiger partial charge is 0.341 e. The number of anilines is 6. The summed E-state index contributed by atoms with van der Waals surface area (Å²) >= 11 is 0. The summed E-state index contributed by atoms with van der Waals surface area (Å²) in [6, 6.07) is 159. The Morgan fingerprint density at radius 3 is 1.05 bits per heavy atom. The van der Waals surface area contributed by atoms with E-state index in [9.17, 15) is 0 Å².